The minimum Gasteiger partial charge on any atom is -0.506 e. The van der Waals surface area contributed by atoms with Gasteiger partial charge in [0.15, 0.2) is 5.78 Å². The predicted octanol–water partition coefficient (Wildman–Crippen LogP) is 0.955. The number of pyridine rings is 2. The highest BCUT2D eigenvalue weighted by atomic mass is 16.3. The van der Waals surface area contributed by atoms with E-state index in [9.17, 15) is 15.0 Å². The Balaban J connectivity index is 2.01. The molecular weight excluding hydrogens is 270 g/mol. The molecule has 2 heterocycles. The molecule has 6 heteroatoms. The zero-order valence-corrected chi connectivity index (χ0v) is 11.7. The molecule has 21 heavy (non-hydrogen) atoms. The number of aryl methyl sites for hydroxylation is 1. The number of Topliss-reactive ketones (excluding diaryl/α,β-unsaturated/α-hetero) is 1. The van der Waals surface area contributed by atoms with Crippen molar-refractivity contribution < 1.29 is 15.0 Å². The first kappa shape index (κ1) is 15.1. The summed E-state index contributed by atoms with van der Waals surface area (Å²) in [6.45, 7) is 1.88. The smallest absolute Gasteiger partial charge is 0.176 e. The van der Waals surface area contributed by atoms with Gasteiger partial charge in [-0.15, -0.1) is 0 Å². The van der Waals surface area contributed by atoms with E-state index in [1.807, 2.05) is 0 Å². The highest BCUT2D eigenvalue weighted by molar-refractivity contribution is 5.97. The van der Waals surface area contributed by atoms with Crippen LogP contribution >= 0.6 is 0 Å². The molecule has 0 spiro atoms. The minimum atomic E-state index is -0.212. The van der Waals surface area contributed by atoms with Crippen molar-refractivity contribution in [2.75, 3.05) is 6.54 Å². The molecule has 0 aliphatic heterocycles. The van der Waals surface area contributed by atoms with Gasteiger partial charge in [-0.1, -0.05) is 0 Å². The van der Waals surface area contributed by atoms with E-state index in [4.69, 9.17) is 0 Å². The first-order valence-corrected chi connectivity index (χ1v) is 6.54. The third kappa shape index (κ3) is 3.62. The van der Waals surface area contributed by atoms with Gasteiger partial charge in [0.2, 0.25) is 0 Å². The average Bonchev–Trinajstić information content (AvgIpc) is 2.52. The number of aliphatic hydroxyl groups excluding tert-OH is 1. The highest BCUT2D eigenvalue weighted by Crippen LogP contribution is 2.23. The predicted molar refractivity (Wildman–Crippen MR) is 76.8 cm³/mol. The monoisotopic (exact) mass is 287 g/mol. The largest absolute Gasteiger partial charge is 0.506 e. The van der Waals surface area contributed by atoms with Crippen molar-refractivity contribution in [1.82, 2.24) is 15.3 Å². The van der Waals surface area contributed by atoms with Gasteiger partial charge in [0.1, 0.15) is 5.75 Å². The van der Waals surface area contributed by atoms with Gasteiger partial charge < -0.3 is 15.5 Å². The Morgan fingerprint density at radius 2 is 2.05 bits per heavy atom. The van der Waals surface area contributed by atoms with Crippen LogP contribution in [0, 0.1) is 6.92 Å². The molecule has 0 saturated heterocycles. The van der Waals surface area contributed by atoms with E-state index in [0.29, 0.717) is 22.4 Å². The lowest BCUT2D eigenvalue weighted by atomic mass is 10.1. The maximum absolute atomic E-state index is 11.9. The summed E-state index contributed by atoms with van der Waals surface area (Å²) in [7, 11) is 0. The van der Waals surface area contributed by atoms with Gasteiger partial charge in [0.05, 0.1) is 18.8 Å². The number of nitrogens with zero attached hydrogens (tertiary/aromatic N) is 2. The second-order valence-electron chi connectivity index (χ2n) is 4.62. The lowest BCUT2D eigenvalue weighted by Gasteiger charge is -2.12. The van der Waals surface area contributed by atoms with Gasteiger partial charge in [0.25, 0.3) is 0 Å². The number of rotatable bonds is 6. The van der Waals surface area contributed by atoms with Gasteiger partial charge in [-0.25, -0.2) is 0 Å². The molecule has 6 nitrogen and oxygen atoms in total. The fraction of sp³-hybridized carbons (Fsp3) is 0.267. The first-order chi connectivity index (χ1) is 10.1. The zero-order chi connectivity index (χ0) is 15.2. The Kier molecular flexibility index (Phi) is 4.97. The summed E-state index contributed by atoms with van der Waals surface area (Å²) in [4.78, 5) is 19.8. The Labute approximate surface area is 122 Å². The van der Waals surface area contributed by atoms with Crippen molar-refractivity contribution in [3.63, 3.8) is 0 Å². The number of hydrogen-bond donors (Lipinski definition) is 3. The van der Waals surface area contributed by atoms with E-state index >= 15 is 0 Å². The van der Waals surface area contributed by atoms with E-state index < -0.39 is 0 Å². The number of hydrogen-bond acceptors (Lipinski definition) is 6. The molecule has 0 aromatic carbocycles. The van der Waals surface area contributed by atoms with Crippen LogP contribution in [0.2, 0.25) is 0 Å². The molecule has 0 aliphatic carbocycles. The number of carbonyl (C=O) groups is 1. The molecule has 2 aromatic rings. The van der Waals surface area contributed by atoms with Crippen LogP contribution in [0.15, 0.2) is 30.7 Å². The summed E-state index contributed by atoms with van der Waals surface area (Å²) in [6.07, 6.45) is 4.65. The molecule has 110 valence electrons. The quantitative estimate of drug-likeness (QED) is 0.685. The summed E-state index contributed by atoms with van der Waals surface area (Å²) in [5.74, 6) is -0.0152. The maximum atomic E-state index is 11.9. The van der Waals surface area contributed by atoms with Gasteiger partial charge in [0, 0.05) is 41.8 Å². The number of aliphatic hydroxyl groups is 1. The van der Waals surface area contributed by atoms with Crippen molar-refractivity contribution in [3.05, 3.63) is 53.1 Å². The van der Waals surface area contributed by atoms with Gasteiger partial charge in [-0.05, 0) is 19.1 Å². The number of aromatic hydroxyl groups is 1. The van der Waals surface area contributed by atoms with Crippen LogP contribution in [-0.2, 0) is 13.2 Å². The molecule has 0 amide bonds. The summed E-state index contributed by atoms with van der Waals surface area (Å²) < 4.78 is 0. The summed E-state index contributed by atoms with van der Waals surface area (Å²) in [6, 6.07) is 3.30. The third-order valence-corrected chi connectivity index (χ3v) is 3.19. The lowest BCUT2D eigenvalue weighted by molar-refractivity contribution is 0.0990. The second-order valence-corrected chi connectivity index (χ2v) is 4.62. The van der Waals surface area contributed by atoms with Crippen LogP contribution in [0.25, 0.3) is 0 Å². The fourth-order valence-electron chi connectivity index (χ4n) is 1.96. The van der Waals surface area contributed by atoms with Crippen molar-refractivity contribution in [2.45, 2.75) is 20.1 Å². The number of nitrogens with one attached hydrogen (secondary N) is 1. The lowest BCUT2D eigenvalue weighted by Crippen LogP contribution is -2.23. The van der Waals surface area contributed by atoms with Crippen LogP contribution in [0.3, 0.4) is 0 Å². The highest BCUT2D eigenvalue weighted by Gasteiger charge is 2.12. The molecule has 0 atom stereocenters. The molecule has 2 rings (SSSR count). The standard InChI is InChI=1S/C15H17N3O3/c1-10-15(21)13(12(9-19)6-18-10)7-17-8-14(20)11-2-4-16-5-3-11/h2-6,17,19,21H,7-9H2,1H3. The molecule has 0 fully saturated rings. The minimum absolute atomic E-state index is 0.0467. The normalized spacial score (nSPS) is 10.6. The topological polar surface area (TPSA) is 95.3 Å². The van der Waals surface area contributed by atoms with E-state index in [0.717, 1.165) is 0 Å². The summed E-state index contributed by atoms with van der Waals surface area (Å²) in [5.41, 5.74) is 2.17. The summed E-state index contributed by atoms with van der Waals surface area (Å²) >= 11 is 0. The van der Waals surface area contributed by atoms with E-state index in [-0.39, 0.29) is 31.2 Å². The van der Waals surface area contributed by atoms with Crippen molar-refractivity contribution in [2.24, 2.45) is 0 Å². The van der Waals surface area contributed by atoms with Gasteiger partial charge >= 0.3 is 0 Å². The van der Waals surface area contributed by atoms with Crippen LogP contribution < -0.4 is 5.32 Å². The molecule has 2 aromatic heterocycles. The van der Waals surface area contributed by atoms with Crippen molar-refractivity contribution in [1.29, 1.82) is 0 Å². The summed E-state index contributed by atoms with van der Waals surface area (Å²) in [5, 5.41) is 22.2. The van der Waals surface area contributed by atoms with E-state index in [2.05, 4.69) is 15.3 Å². The van der Waals surface area contributed by atoms with Crippen LogP contribution in [0.1, 0.15) is 27.2 Å². The molecule has 0 saturated carbocycles. The molecule has 0 radical (unpaired) electrons. The average molecular weight is 287 g/mol. The molecule has 3 N–H and O–H groups in total. The van der Waals surface area contributed by atoms with Crippen molar-refractivity contribution in [3.8, 4) is 5.75 Å². The van der Waals surface area contributed by atoms with Gasteiger partial charge in [-0.3, -0.25) is 14.8 Å². The van der Waals surface area contributed by atoms with Gasteiger partial charge in [-0.2, -0.15) is 0 Å². The number of carbonyl (C=O) groups excluding carboxylic acids is 1. The number of ketones is 1. The van der Waals surface area contributed by atoms with E-state index in [1.165, 1.54) is 6.20 Å². The third-order valence-electron chi connectivity index (χ3n) is 3.19. The number of aromatic nitrogens is 2. The fourth-order valence-corrected chi connectivity index (χ4v) is 1.96. The van der Waals surface area contributed by atoms with Crippen LogP contribution in [-0.4, -0.2) is 32.5 Å². The maximum Gasteiger partial charge on any atom is 0.176 e. The van der Waals surface area contributed by atoms with Crippen molar-refractivity contribution >= 4 is 5.78 Å². The second kappa shape index (κ2) is 6.92. The zero-order valence-electron chi connectivity index (χ0n) is 11.7. The molecule has 0 bridgehead atoms. The molecule has 0 aliphatic rings. The Morgan fingerprint density at radius 3 is 2.71 bits per heavy atom. The molecular formula is C15H17N3O3. The molecule has 0 unspecified atom stereocenters. The Bertz CT molecular complexity index is 630. The van der Waals surface area contributed by atoms with E-state index in [1.54, 1.807) is 31.5 Å². The first-order valence-electron chi connectivity index (χ1n) is 6.54. The van der Waals surface area contributed by atoms with Crippen LogP contribution in [0.5, 0.6) is 5.75 Å². The SMILES string of the molecule is Cc1ncc(CO)c(CNCC(=O)c2ccncc2)c1O. The Morgan fingerprint density at radius 1 is 1.33 bits per heavy atom. The van der Waals surface area contributed by atoms with Crippen LogP contribution in [0.4, 0.5) is 0 Å². The Hall–Kier alpha value is -2.31.